The van der Waals surface area contributed by atoms with Gasteiger partial charge in [-0.15, -0.1) is 0 Å². The third-order valence-electron chi connectivity index (χ3n) is 1.15. The summed E-state index contributed by atoms with van der Waals surface area (Å²) in [5.41, 5.74) is 0.859. The molecule has 0 spiro atoms. The first kappa shape index (κ1) is 4.49. The Hall–Kier alpha value is -1.38. The van der Waals surface area contributed by atoms with Gasteiger partial charge in [-0.05, 0) is 11.1 Å². The minimum Gasteiger partial charge on any atom is -0.428 e. The first-order chi connectivity index (χ1) is 4.47. The lowest BCUT2D eigenvalue weighted by Gasteiger charge is -1.82. The van der Waals surface area contributed by atoms with Crippen molar-refractivity contribution in [1.29, 1.82) is 0 Å². The van der Waals surface area contributed by atoms with Crippen molar-refractivity contribution in [3.63, 3.8) is 0 Å². The highest BCUT2D eigenvalue weighted by molar-refractivity contribution is 5.42. The summed E-state index contributed by atoms with van der Waals surface area (Å²) in [7, 11) is 0. The van der Waals surface area contributed by atoms with Crippen molar-refractivity contribution in [3.8, 4) is 11.6 Å². The minimum absolute atomic E-state index is 0.720. The third kappa shape index (κ3) is 0.579. The third-order valence-corrected chi connectivity index (χ3v) is 1.15. The fraction of sp³-hybridized carbons (Fsp3) is 0. The summed E-state index contributed by atoms with van der Waals surface area (Å²) in [6.45, 7) is 0. The van der Waals surface area contributed by atoms with Gasteiger partial charge < -0.3 is 4.42 Å². The van der Waals surface area contributed by atoms with E-state index in [1.165, 1.54) is 0 Å². The number of nitrogens with one attached hydrogen (secondary N) is 1. The van der Waals surface area contributed by atoms with E-state index in [2.05, 4.69) is 9.97 Å². The molecule has 3 heteroatoms. The van der Waals surface area contributed by atoms with E-state index in [4.69, 9.17) is 4.42 Å². The minimum atomic E-state index is 0.720. The summed E-state index contributed by atoms with van der Waals surface area (Å²) in [5, 5.41) is 0. The van der Waals surface area contributed by atoms with Gasteiger partial charge in [0, 0.05) is 6.07 Å². The number of aromatic amines is 1. The summed E-state index contributed by atoms with van der Waals surface area (Å²) in [6, 6.07) is 3.69. The SMILES string of the molecule is c1coc2[nH+]cnc-2c1. The molecule has 0 aromatic heterocycles. The molecule has 0 aromatic rings. The molecule has 2 heterocycles. The standard InChI is InChI=1S/C6H4N2O/c1-2-5-6(9-3-1)8-4-7-5/h1-4H/p+1. The zero-order valence-electron chi connectivity index (χ0n) is 4.66. The van der Waals surface area contributed by atoms with Gasteiger partial charge in [0.25, 0.3) is 12.0 Å². The van der Waals surface area contributed by atoms with Crippen LogP contribution < -0.4 is 4.98 Å². The molecule has 2 aliphatic heterocycles. The Bertz CT molecular complexity index is 251. The maximum atomic E-state index is 5.03. The van der Waals surface area contributed by atoms with Gasteiger partial charge in [0.1, 0.15) is 0 Å². The van der Waals surface area contributed by atoms with E-state index in [9.17, 15) is 0 Å². The molecule has 0 saturated heterocycles. The van der Waals surface area contributed by atoms with E-state index < -0.39 is 0 Å². The highest BCUT2D eigenvalue weighted by atomic mass is 16.3. The van der Waals surface area contributed by atoms with Crippen molar-refractivity contribution in [3.05, 3.63) is 24.7 Å². The summed E-state index contributed by atoms with van der Waals surface area (Å²) >= 11 is 0. The van der Waals surface area contributed by atoms with Crippen LogP contribution in [0.3, 0.4) is 0 Å². The zero-order chi connectivity index (χ0) is 6.10. The van der Waals surface area contributed by atoms with Crippen molar-refractivity contribution in [2.24, 2.45) is 0 Å². The van der Waals surface area contributed by atoms with E-state index in [1.807, 2.05) is 12.1 Å². The molecule has 3 nitrogen and oxygen atoms in total. The van der Waals surface area contributed by atoms with Gasteiger partial charge in [-0.2, -0.15) is 0 Å². The molecule has 0 amide bonds. The predicted molar refractivity (Wildman–Crippen MR) is 29.7 cm³/mol. The molecule has 44 valence electrons. The molecule has 1 N–H and O–H groups in total. The van der Waals surface area contributed by atoms with Gasteiger partial charge in [-0.3, -0.25) is 0 Å². The summed E-state index contributed by atoms with van der Waals surface area (Å²) < 4.78 is 5.03. The van der Waals surface area contributed by atoms with Crippen LogP contribution in [0.1, 0.15) is 0 Å². The summed E-state index contributed by atoms with van der Waals surface area (Å²) in [4.78, 5) is 6.81. The molecule has 0 fully saturated rings. The molecule has 0 saturated carbocycles. The molecule has 2 rings (SSSR count). The maximum Gasteiger partial charge on any atom is 0.339 e. The molecule has 0 aromatic carbocycles. The second-order valence-electron chi connectivity index (χ2n) is 1.73. The fourth-order valence-corrected chi connectivity index (χ4v) is 0.744. The second-order valence-corrected chi connectivity index (χ2v) is 1.73. The Balaban J connectivity index is 2.79. The number of nitrogens with zero attached hydrogens (tertiary/aromatic N) is 1. The molecule has 0 bridgehead atoms. The lowest BCUT2D eigenvalue weighted by atomic mass is 10.4. The van der Waals surface area contributed by atoms with Crippen LogP contribution in [0.15, 0.2) is 29.1 Å². The Morgan fingerprint density at radius 1 is 1.56 bits per heavy atom. The number of hydrogen-bond acceptors (Lipinski definition) is 2. The van der Waals surface area contributed by atoms with E-state index in [1.54, 1.807) is 12.6 Å². The molecular weight excluding hydrogens is 116 g/mol. The molecule has 0 aliphatic carbocycles. The zero-order valence-corrected chi connectivity index (χ0v) is 4.66. The van der Waals surface area contributed by atoms with Gasteiger partial charge in [0.15, 0.2) is 0 Å². The molecule has 2 aliphatic rings. The highest BCUT2D eigenvalue weighted by Crippen LogP contribution is 2.10. The van der Waals surface area contributed by atoms with E-state index in [-0.39, 0.29) is 0 Å². The number of imidazole rings is 1. The number of H-pyrrole nitrogens is 1. The predicted octanol–water partition coefficient (Wildman–Crippen LogP) is 0.593. The average molecular weight is 121 g/mol. The van der Waals surface area contributed by atoms with E-state index >= 15 is 0 Å². The van der Waals surface area contributed by atoms with E-state index in [0.717, 1.165) is 11.6 Å². The summed E-state index contributed by atoms with van der Waals surface area (Å²) in [6.07, 6.45) is 3.22. The van der Waals surface area contributed by atoms with Crippen LogP contribution in [0, 0.1) is 0 Å². The topological polar surface area (TPSA) is 40.2 Å². The lowest BCUT2D eigenvalue weighted by molar-refractivity contribution is -0.376. The van der Waals surface area contributed by atoms with Crippen LogP contribution in [0.2, 0.25) is 0 Å². The van der Waals surface area contributed by atoms with Crippen LogP contribution in [0.5, 0.6) is 0 Å². The Labute approximate surface area is 51.7 Å². The van der Waals surface area contributed by atoms with Gasteiger partial charge in [-0.25, -0.2) is 4.98 Å². The van der Waals surface area contributed by atoms with Gasteiger partial charge in [-0.1, -0.05) is 0 Å². The molecule has 0 radical (unpaired) electrons. The van der Waals surface area contributed by atoms with Crippen molar-refractivity contribution in [1.82, 2.24) is 4.98 Å². The van der Waals surface area contributed by atoms with Crippen LogP contribution in [-0.2, 0) is 0 Å². The number of hydrogen-bond donors (Lipinski definition) is 0. The van der Waals surface area contributed by atoms with Crippen molar-refractivity contribution < 1.29 is 9.40 Å². The molecule has 0 unspecified atom stereocenters. The number of fused-ring (bicyclic) bond motifs is 1. The van der Waals surface area contributed by atoms with Crippen LogP contribution in [-0.4, -0.2) is 4.98 Å². The van der Waals surface area contributed by atoms with E-state index in [0.29, 0.717) is 0 Å². The molecule has 0 atom stereocenters. The van der Waals surface area contributed by atoms with Crippen LogP contribution in [0.25, 0.3) is 11.6 Å². The monoisotopic (exact) mass is 121 g/mol. The quantitative estimate of drug-likeness (QED) is 0.511. The Morgan fingerprint density at radius 3 is 3.44 bits per heavy atom. The van der Waals surface area contributed by atoms with Gasteiger partial charge >= 0.3 is 5.89 Å². The van der Waals surface area contributed by atoms with Crippen LogP contribution in [0.4, 0.5) is 0 Å². The first-order valence-corrected chi connectivity index (χ1v) is 2.67. The van der Waals surface area contributed by atoms with Crippen molar-refractivity contribution >= 4 is 0 Å². The largest absolute Gasteiger partial charge is 0.428 e. The number of aromatic nitrogens is 2. The summed E-state index contributed by atoms with van der Waals surface area (Å²) in [5.74, 6) is 0.720. The molecule has 9 heavy (non-hydrogen) atoms. The second kappa shape index (κ2) is 1.55. The van der Waals surface area contributed by atoms with Gasteiger partial charge in [0.05, 0.1) is 6.26 Å². The smallest absolute Gasteiger partial charge is 0.339 e. The van der Waals surface area contributed by atoms with Crippen molar-refractivity contribution in [2.75, 3.05) is 0 Å². The Morgan fingerprint density at radius 2 is 2.56 bits per heavy atom. The highest BCUT2D eigenvalue weighted by Gasteiger charge is 2.12. The molecular formula is C6H5N2O+. The Kier molecular flexibility index (Phi) is 0.773. The average Bonchev–Trinajstić information content (AvgIpc) is 2.33. The number of rotatable bonds is 0. The first-order valence-electron chi connectivity index (χ1n) is 2.67. The van der Waals surface area contributed by atoms with Gasteiger partial charge in [0.2, 0.25) is 0 Å². The van der Waals surface area contributed by atoms with Crippen LogP contribution >= 0.6 is 0 Å². The normalized spacial score (nSPS) is 10.2. The fourth-order valence-electron chi connectivity index (χ4n) is 0.744. The maximum absolute atomic E-state index is 5.03. The lowest BCUT2D eigenvalue weighted by Crippen LogP contribution is -1.96. The van der Waals surface area contributed by atoms with Crippen molar-refractivity contribution in [2.45, 2.75) is 0 Å².